The minimum Gasteiger partial charge on any atom is -0.543 e. The Morgan fingerprint density at radius 1 is 0.771 bits per heavy atom. The summed E-state index contributed by atoms with van der Waals surface area (Å²) in [4.78, 5) is 12.8. The number of esters is 1. The standard InChI is InChI=1S/C30H38O4Si/c1-21(2)35(22(3)4,23(5)6)34-27-15-13-26(14-16-27)30(31)33-28-17-18-29(24(7)19-28)32-20-25-11-9-8-10-12-25/h8-19,21-23H,20H2,1-7H3. The minimum absolute atomic E-state index is 0.394. The molecule has 0 heterocycles. The second-order valence-corrected chi connectivity index (χ2v) is 15.4. The normalized spacial score (nSPS) is 11.7. The number of hydrogen-bond acceptors (Lipinski definition) is 4. The van der Waals surface area contributed by atoms with Crippen LogP contribution in [0, 0.1) is 6.92 Å². The van der Waals surface area contributed by atoms with Gasteiger partial charge in [0.25, 0.3) is 8.32 Å². The van der Waals surface area contributed by atoms with Crippen molar-refractivity contribution in [1.82, 2.24) is 0 Å². The van der Waals surface area contributed by atoms with E-state index in [2.05, 4.69) is 41.5 Å². The molecule has 0 atom stereocenters. The van der Waals surface area contributed by atoms with Gasteiger partial charge in [-0.1, -0.05) is 71.9 Å². The number of carbonyl (C=O) groups excluding carboxylic acids is 1. The summed E-state index contributed by atoms with van der Waals surface area (Å²) in [6, 6.07) is 22.8. The van der Waals surface area contributed by atoms with Crippen LogP contribution in [0.1, 0.15) is 63.0 Å². The SMILES string of the molecule is Cc1cc(OC(=O)c2ccc(O[Si](C(C)C)(C(C)C)C(C)C)cc2)ccc1OCc1ccccc1. The second-order valence-electron chi connectivity index (χ2n) is 10.0. The first kappa shape index (κ1) is 26.5. The van der Waals surface area contributed by atoms with E-state index in [0.717, 1.165) is 22.6 Å². The van der Waals surface area contributed by atoms with Gasteiger partial charge < -0.3 is 13.9 Å². The monoisotopic (exact) mass is 490 g/mol. The van der Waals surface area contributed by atoms with E-state index in [1.165, 1.54) is 0 Å². The second kappa shape index (κ2) is 11.6. The Bertz CT molecular complexity index is 1080. The molecule has 0 radical (unpaired) electrons. The Morgan fingerprint density at radius 3 is 1.89 bits per heavy atom. The predicted molar refractivity (Wildman–Crippen MR) is 145 cm³/mol. The molecule has 0 spiro atoms. The summed E-state index contributed by atoms with van der Waals surface area (Å²) in [5.41, 5.74) is 3.95. The largest absolute Gasteiger partial charge is 0.543 e. The van der Waals surface area contributed by atoms with Gasteiger partial charge in [-0.2, -0.15) is 0 Å². The van der Waals surface area contributed by atoms with Crippen molar-refractivity contribution in [3.63, 3.8) is 0 Å². The highest BCUT2D eigenvalue weighted by Gasteiger charge is 2.46. The van der Waals surface area contributed by atoms with Gasteiger partial charge in [0, 0.05) is 0 Å². The van der Waals surface area contributed by atoms with E-state index in [1.54, 1.807) is 18.2 Å². The summed E-state index contributed by atoms with van der Waals surface area (Å²) in [7, 11) is -2.04. The van der Waals surface area contributed by atoms with E-state index in [4.69, 9.17) is 13.9 Å². The van der Waals surface area contributed by atoms with Crippen LogP contribution >= 0.6 is 0 Å². The lowest BCUT2D eigenvalue weighted by Crippen LogP contribution is -2.50. The molecule has 3 aromatic rings. The first-order valence-corrected chi connectivity index (χ1v) is 14.6. The Labute approximate surface area is 211 Å². The fraction of sp³-hybridized carbons (Fsp3) is 0.367. The van der Waals surface area contributed by atoms with Crippen LogP contribution in [0.25, 0.3) is 0 Å². The molecule has 0 aliphatic heterocycles. The third-order valence-corrected chi connectivity index (χ3v) is 12.7. The van der Waals surface area contributed by atoms with Gasteiger partial charge in [0.1, 0.15) is 23.9 Å². The molecule has 0 saturated heterocycles. The summed E-state index contributed by atoms with van der Waals surface area (Å²) in [6.45, 7) is 16.0. The van der Waals surface area contributed by atoms with E-state index in [1.807, 2.05) is 61.5 Å². The topological polar surface area (TPSA) is 44.8 Å². The number of hydrogen-bond donors (Lipinski definition) is 0. The number of benzene rings is 3. The molecule has 3 rings (SSSR count). The zero-order valence-electron chi connectivity index (χ0n) is 22.0. The molecule has 0 amide bonds. The Hall–Kier alpha value is -3.05. The third-order valence-electron chi connectivity index (χ3n) is 6.69. The van der Waals surface area contributed by atoms with Crippen molar-refractivity contribution in [3.8, 4) is 17.2 Å². The van der Waals surface area contributed by atoms with Crippen molar-refractivity contribution in [2.45, 2.75) is 71.7 Å². The Balaban J connectivity index is 1.65. The van der Waals surface area contributed by atoms with Gasteiger partial charge in [-0.05, 0) is 77.1 Å². The quantitative estimate of drug-likeness (QED) is 0.163. The third kappa shape index (κ3) is 6.34. The zero-order valence-corrected chi connectivity index (χ0v) is 23.0. The van der Waals surface area contributed by atoms with Crippen molar-refractivity contribution >= 4 is 14.3 Å². The molecule has 186 valence electrons. The molecule has 4 nitrogen and oxygen atoms in total. The maximum absolute atomic E-state index is 12.8. The lowest BCUT2D eigenvalue weighted by Gasteiger charge is -2.42. The summed E-state index contributed by atoms with van der Waals surface area (Å²) < 4.78 is 18.2. The van der Waals surface area contributed by atoms with Gasteiger partial charge >= 0.3 is 5.97 Å². The fourth-order valence-electron chi connectivity index (χ4n) is 4.97. The lowest BCUT2D eigenvalue weighted by atomic mass is 10.2. The van der Waals surface area contributed by atoms with Crippen molar-refractivity contribution in [2.75, 3.05) is 0 Å². The van der Waals surface area contributed by atoms with Crippen LogP contribution in [-0.4, -0.2) is 14.3 Å². The minimum atomic E-state index is -2.04. The summed E-state index contributed by atoms with van der Waals surface area (Å²) in [5.74, 6) is 1.68. The van der Waals surface area contributed by atoms with Gasteiger partial charge in [0.2, 0.25) is 0 Å². The highest BCUT2D eigenvalue weighted by Crippen LogP contribution is 2.42. The van der Waals surface area contributed by atoms with E-state index in [-0.39, 0.29) is 0 Å². The van der Waals surface area contributed by atoms with Crippen LogP contribution in [0.3, 0.4) is 0 Å². The average Bonchev–Trinajstić information content (AvgIpc) is 2.82. The van der Waals surface area contributed by atoms with Crippen LogP contribution in [-0.2, 0) is 6.61 Å². The first-order valence-electron chi connectivity index (χ1n) is 12.4. The molecule has 3 aromatic carbocycles. The van der Waals surface area contributed by atoms with E-state index in [0.29, 0.717) is 34.5 Å². The van der Waals surface area contributed by atoms with Crippen LogP contribution in [0.4, 0.5) is 0 Å². The molecule has 0 aromatic heterocycles. The van der Waals surface area contributed by atoms with Crippen LogP contribution in [0.5, 0.6) is 17.2 Å². The molecule has 5 heteroatoms. The lowest BCUT2D eigenvalue weighted by molar-refractivity contribution is 0.0734. The molecular formula is C30H38O4Si. The maximum atomic E-state index is 12.8. The van der Waals surface area contributed by atoms with Gasteiger partial charge in [-0.15, -0.1) is 0 Å². The van der Waals surface area contributed by atoms with Gasteiger partial charge in [-0.3, -0.25) is 0 Å². The van der Waals surface area contributed by atoms with Crippen LogP contribution < -0.4 is 13.9 Å². The van der Waals surface area contributed by atoms with Crippen molar-refractivity contribution < 1.29 is 18.7 Å². The summed E-state index contributed by atoms with van der Waals surface area (Å²) >= 11 is 0. The Morgan fingerprint density at radius 2 is 1.34 bits per heavy atom. The molecule has 0 fully saturated rings. The molecular weight excluding hydrogens is 452 g/mol. The van der Waals surface area contributed by atoms with Gasteiger partial charge in [-0.25, -0.2) is 4.79 Å². The molecule has 0 unspecified atom stereocenters. The predicted octanol–water partition coefficient (Wildman–Crippen LogP) is 8.35. The first-order chi connectivity index (χ1) is 16.6. The van der Waals surface area contributed by atoms with E-state index in [9.17, 15) is 4.79 Å². The average molecular weight is 491 g/mol. The molecule has 0 aliphatic rings. The molecule has 0 bridgehead atoms. The smallest absolute Gasteiger partial charge is 0.343 e. The van der Waals surface area contributed by atoms with Crippen LogP contribution in [0.2, 0.25) is 16.6 Å². The highest BCUT2D eigenvalue weighted by atomic mass is 28.4. The number of ether oxygens (including phenoxy) is 2. The zero-order chi connectivity index (χ0) is 25.6. The number of rotatable bonds is 10. The molecule has 0 aliphatic carbocycles. The van der Waals surface area contributed by atoms with Crippen molar-refractivity contribution in [3.05, 3.63) is 89.5 Å². The van der Waals surface area contributed by atoms with Gasteiger partial charge in [0.15, 0.2) is 0 Å². The fourth-order valence-corrected chi connectivity index (χ4v) is 10.2. The molecule has 0 saturated carbocycles. The number of aryl methyl sites for hydroxylation is 1. The van der Waals surface area contributed by atoms with Crippen molar-refractivity contribution in [2.24, 2.45) is 0 Å². The van der Waals surface area contributed by atoms with Gasteiger partial charge in [0.05, 0.1) is 5.56 Å². The maximum Gasteiger partial charge on any atom is 0.343 e. The summed E-state index contributed by atoms with van der Waals surface area (Å²) in [6.07, 6.45) is 0. The van der Waals surface area contributed by atoms with Crippen molar-refractivity contribution in [1.29, 1.82) is 0 Å². The highest BCUT2D eigenvalue weighted by molar-refractivity contribution is 6.78. The molecule has 0 N–H and O–H groups in total. The summed E-state index contributed by atoms with van der Waals surface area (Å²) in [5, 5.41) is 0. The van der Waals surface area contributed by atoms with Crippen LogP contribution in [0.15, 0.2) is 72.8 Å². The Kier molecular flexibility index (Phi) is 8.79. The van der Waals surface area contributed by atoms with E-state index >= 15 is 0 Å². The van der Waals surface area contributed by atoms with E-state index < -0.39 is 14.3 Å². The number of carbonyl (C=O) groups is 1. The molecule has 35 heavy (non-hydrogen) atoms.